The fourth-order valence-electron chi connectivity index (χ4n) is 0.852. The van der Waals surface area contributed by atoms with Crippen molar-refractivity contribution in [2.75, 3.05) is 7.05 Å². The van der Waals surface area contributed by atoms with E-state index in [1.807, 2.05) is 18.5 Å². The van der Waals surface area contributed by atoms with Crippen molar-refractivity contribution in [3.8, 4) is 0 Å². The van der Waals surface area contributed by atoms with Gasteiger partial charge in [-0.2, -0.15) is 5.10 Å². The third kappa shape index (κ3) is 2.53. The van der Waals surface area contributed by atoms with Gasteiger partial charge in [0.1, 0.15) is 5.82 Å². The van der Waals surface area contributed by atoms with Crippen molar-refractivity contribution >= 4 is 23.5 Å². The van der Waals surface area contributed by atoms with Crippen LogP contribution in [0.4, 0.5) is 0 Å². The zero-order chi connectivity index (χ0) is 10.6. The molecule has 0 aliphatic rings. The van der Waals surface area contributed by atoms with Crippen LogP contribution in [0, 0.1) is 6.92 Å². The minimum absolute atomic E-state index is 0.486. The second kappa shape index (κ2) is 4.71. The van der Waals surface area contributed by atoms with Gasteiger partial charge >= 0.3 is 0 Å². The molecule has 6 heteroatoms. The highest BCUT2D eigenvalue weighted by molar-refractivity contribution is 7.80. The van der Waals surface area contributed by atoms with Gasteiger partial charge in [-0.1, -0.05) is 0 Å². The second-order valence-electron chi connectivity index (χ2n) is 2.74. The molecule has 0 amide bonds. The smallest absolute Gasteiger partial charge is 0.186 e. The van der Waals surface area contributed by atoms with Gasteiger partial charge in [-0.05, 0) is 19.1 Å². The predicted octanol–water partition coefficient (Wildman–Crippen LogP) is 0.156. The van der Waals surface area contributed by atoms with Crippen LogP contribution in [0.25, 0.3) is 0 Å². The number of rotatable bonds is 2. The van der Waals surface area contributed by atoms with Crippen LogP contribution in [-0.4, -0.2) is 27.9 Å². The van der Waals surface area contributed by atoms with Crippen LogP contribution in [0.1, 0.15) is 11.5 Å². The lowest BCUT2D eigenvalue weighted by molar-refractivity contribution is 0.849. The Hall–Kier alpha value is -1.43. The molecule has 0 fully saturated rings. The van der Waals surface area contributed by atoms with Crippen LogP contribution in [0.2, 0.25) is 0 Å². The van der Waals surface area contributed by atoms with Crippen molar-refractivity contribution in [3.05, 3.63) is 17.7 Å². The molecule has 76 valence electrons. The topological polar surface area (TPSA) is 54.2 Å². The van der Waals surface area contributed by atoms with Gasteiger partial charge in [0.25, 0.3) is 0 Å². The first-order chi connectivity index (χ1) is 6.65. The van der Waals surface area contributed by atoms with Crippen LogP contribution < -0.4 is 10.7 Å². The molecule has 0 saturated carbocycles. The standard InChI is InChI=1S/C8H13N5S/c1-6-10-4-7(13(6)3)5-11-12-8(14)9-2/h4-5H,1-3H3,(H2,9,12,14)/b11-5+. The third-order valence-corrected chi connectivity index (χ3v) is 2.14. The van der Waals surface area contributed by atoms with E-state index < -0.39 is 0 Å². The number of aromatic nitrogens is 2. The summed E-state index contributed by atoms with van der Waals surface area (Å²) in [7, 11) is 3.67. The van der Waals surface area contributed by atoms with E-state index in [1.54, 1.807) is 19.5 Å². The molecule has 0 radical (unpaired) electrons. The largest absolute Gasteiger partial charge is 0.364 e. The Balaban J connectivity index is 2.60. The molecule has 1 aromatic heterocycles. The van der Waals surface area contributed by atoms with Crippen molar-refractivity contribution in [3.63, 3.8) is 0 Å². The molecule has 0 aliphatic heterocycles. The number of hydrogen-bond donors (Lipinski definition) is 2. The minimum Gasteiger partial charge on any atom is -0.364 e. The Bertz CT molecular complexity index is 355. The summed E-state index contributed by atoms with van der Waals surface area (Å²) in [5, 5.41) is 7.19. The average Bonchev–Trinajstić information content (AvgIpc) is 2.49. The fraction of sp³-hybridized carbons (Fsp3) is 0.375. The maximum Gasteiger partial charge on any atom is 0.186 e. The zero-order valence-corrected chi connectivity index (χ0v) is 9.22. The zero-order valence-electron chi connectivity index (χ0n) is 8.40. The van der Waals surface area contributed by atoms with Crippen molar-refractivity contribution < 1.29 is 0 Å². The maximum absolute atomic E-state index is 4.85. The lowest BCUT2D eigenvalue weighted by atomic mass is 10.5. The highest BCUT2D eigenvalue weighted by Crippen LogP contribution is 1.97. The molecule has 1 rings (SSSR count). The Kier molecular flexibility index (Phi) is 3.58. The van der Waals surface area contributed by atoms with Crippen molar-refractivity contribution in [2.24, 2.45) is 12.1 Å². The highest BCUT2D eigenvalue weighted by atomic mass is 32.1. The fourth-order valence-corrected chi connectivity index (χ4v) is 0.905. The van der Waals surface area contributed by atoms with Crippen LogP contribution in [-0.2, 0) is 7.05 Å². The number of thiocarbonyl (C=S) groups is 1. The van der Waals surface area contributed by atoms with Crippen molar-refractivity contribution in [1.82, 2.24) is 20.3 Å². The van der Waals surface area contributed by atoms with E-state index in [2.05, 4.69) is 20.8 Å². The summed E-state index contributed by atoms with van der Waals surface area (Å²) in [6, 6.07) is 0. The minimum atomic E-state index is 0.486. The third-order valence-electron chi connectivity index (χ3n) is 1.85. The maximum atomic E-state index is 4.85. The molecule has 1 heterocycles. The van der Waals surface area contributed by atoms with E-state index in [0.29, 0.717) is 5.11 Å². The number of nitrogens with one attached hydrogen (secondary N) is 2. The number of nitrogens with zero attached hydrogens (tertiary/aromatic N) is 3. The first kappa shape index (κ1) is 10.6. The summed E-state index contributed by atoms with van der Waals surface area (Å²) in [5.41, 5.74) is 3.59. The quantitative estimate of drug-likeness (QED) is 0.415. The van der Waals surface area contributed by atoms with Gasteiger partial charge in [-0.25, -0.2) is 4.98 Å². The summed E-state index contributed by atoms with van der Waals surface area (Å²) in [4.78, 5) is 4.13. The lowest BCUT2D eigenvalue weighted by Crippen LogP contribution is -2.28. The number of aryl methyl sites for hydroxylation is 1. The SMILES string of the molecule is CNC(=S)N/N=C/c1cnc(C)n1C. The van der Waals surface area contributed by atoms with E-state index in [0.717, 1.165) is 11.5 Å². The molecule has 0 aromatic carbocycles. The van der Waals surface area contributed by atoms with Gasteiger partial charge in [0.15, 0.2) is 5.11 Å². The summed E-state index contributed by atoms with van der Waals surface area (Å²) in [5.74, 6) is 0.947. The van der Waals surface area contributed by atoms with E-state index in [1.165, 1.54) is 0 Å². The molecule has 0 unspecified atom stereocenters. The van der Waals surface area contributed by atoms with E-state index in [-0.39, 0.29) is 0 Å². The molecular weight excluding hydrogens is 198 g/mol. The molecule has 1 aromatic rings. The number of imidazole rings is 1. The molecule has 0 aliphatic carbocycles. The molecule has 0 spiro atoms. The Morgan fingerprint density at radius 2 is 2.43 bits per heavy atom. The molecule has 5 nitrogen and oxygen atoms in total. The molecule has 0 atom stereocenters. The Morgan fingerprint density at radius 3 is 2.93 bits per heavy atom. The monoisotopic (exact) mass is 211 g/mol. The van der Waals surface area contributed by atoms with Crippen LogP contribution in [0.3, 0.4) is 0 Å². The average molecular weight is 211 g/mol. The Labute approximate surface area is 88.2 Å². The first-order valence-electron chi connectivity index (χ1n) is 4.14. The Morgan fingerprint density at radius 1 is 1.71 bits per heavy atom. The molecule has 2 N–H and O–H groups in total. The van der Waals surface area contributed by atoms with E-state index in [9.17, 15) is 0 Å². The normalized spacial score (nSPS) is 10.5. The van der Waals surface area contributed by atoms with Crippen LogP contribution in [0.15, 0.2) is 11.3 Å². The van der Waals surface area contributed by atoms with Gasteiger partial charge in [-0.3, -0.25) is 5.43 Å². The number of hydrogen-bond acceptors (Lipinski definition) is 3. The molecular formula is C8H13N5S. The van der Waals surface area contributed by atoms with Crippen LogP contribution in [0.5, 0.6) is 0 Å². The van der Waals surface area contributed by atoms with E-state index >= 15 is 0 Å². The molecule has 0 bridgehead atoms. The molecule has 0 saturated heterocycles. The summed E-state index contributed by atoms with van der Waals surface area (Å²) in [6.45, 7) is 1.93. The predicted molar refractivity (Wildman–Crippen MR) is 60.3 cm³/mol. The van der Waals surface area contributed by atoms with Crippen LogP contribution >= 0.6 is 12.2 Å². The van der Waals surface area contributed by atoms with Gasteiger partial charge in [0.2, 0.25) is 0 Å². The first-order valence-corrected chi connectivity index (χ1v) is 4.55. The van der Waals surface area contributed by atoms with Gasteiger partial charge < -0.3 is 9.88 Å². The van der Waals surface area contributed by atoms with Gasteiger partial charge in [-0.15, -0.1) is 0 Å². The second-order valence-corrected chi connectivity index (χ2v) is 3.15. The summed E-state index contributed by atoms with van der Waals surface area (Å²) in [6.07, 6.45) is 3.42. The highest BCUT2D eigenvalue weighted by Gasteiger charge is 1.98. The van der Waals surface area contributed by atoms with Crippen molar-refractivity contribution in [2.45, 2.75) is 6.92 Å². The number of hydrazone groups is 1. The van der Waals surface area contributed by atoms with E-state index in [4.69, 9.17) is 12.2 Å². The summed E-state index contributed by atoms with van der Waals surface area (Å²) >= 11 is 4.85. The van der Waals surface area contributed by atoms with Gasteiger partial charge in [0.05, 0.1) is 18.1 Å². The van der Waals surface area contributed by atoms with Gasteiger partial charge in [0, 0.05) is 14.1 Å². The van der Waals surface area contributed by atoms with Crippen molar-refractivity contribution in [1.29, 1.82) is 0 Å². The summed E-state index contributed by atoms with van der Waals surface area (Å²) < 4.78 is 1.94. The molecule has 14 heavy (non-hydrogen) atoms. The lowest BCUT2D eigenvalue weighted by Gasteiger charge is -2.00.